The van der Waals surface area contributed by atoms with Gasteiger partial charge in [0.15, 0.2) is 0 Å². The van der Waals surface area contributed by atoms with Crippen molar-refractivity contribution in [1.29, 1.82) is 0 Å². The van der Waals surface area contributed by atoms with Crippen molar-refractivity contribution in [3.8, 4) is 0 Å². The molecule has 104 valence electrons. The highest BCUT2D eigenvalue weighted by Gasteiger charge is 2.25. The summed E-state index contributed by atoms with van der Waals surface area (Å²) in [6.45, 7) is 0.819. The fourth-order valence-corrected chi connectivity index (χ4v) is 3.34. The molecule has 1 aromatic rings. The van der Waals surface area contributed by atoms with Gasteiger partial charge in [0.1, 0.15) is 0 Å². The molecule has 0 radical (unpaired) electrons. The molecule has 1 amide bonds. The van der Waals surface area contributed by atoms with E-state index in [1.165, 1.54) is 25.7 Å². The van der Waals surface area contributed by atoms with Crippen LogP contribution in [0.2, 0.25) is 0 Å². The van der Waals surface area contributed by atoms with Gasteiger partial charge in [-0.05, 0) is 30.5 Å². The summed E-state index contributed by atoms with van der Waals surface area (Å²) in [6, 6.07) is 8.48. The lowest BCUT2D eigenvalue weighted by Crippen LogP contribution is -2.41. The molecule has 4 heteroatoms. The molecule has 1 saturated carbocycles. The molecule has 0 atom stereocenters. The molecule has 0 spiro atoms. The van der Waals surface area contributed by atoms with Crippen molar-refractivity contribution in [3.05, 3.63) is 34.3 Å². The van der Waals surface area contributed by atoms with Crippen molar-refractivity contribution < 1.29 is 4.79 Å². The molecule has 2 nitrogen and oxygen atoms in total. The van der Waals surface area contributed by atoms with Crippen LogP contribution in [0.15, 0.2) is 28.7 Å². The highest BCUT2D eigenvalue weighted by Crippen LogP contribution is 2.24. The van der Waals surface area contributed by atoms with Gasteiger partial charge in [-0.15, -0.1) is 0 Å². The van der Waals surface area contributed by atoms with Gasteiger partial charge in [-0.2, -0.15) is 0 Å². The quantitative estimate of drug-likeness (QED) is 0.693. The Morgan fingerprint density at radius 3 is 2.42 bits per heavy atom. The van der Waals surface area contributed by atoms with Gasteiger partial charge >= 0.3 is 0 Å². The first-order valence-corrected chi connectivity index (χ1v) is 8.72. The summed E-state index contributed by atoms with van der Waals surface area (Å²) in [6.07, 6.45) is 5.36. The van der Waals surface area contributed by atoms with Crippen molar-refractivity contribution in [3.63, 3.8) is 0 Å². The first-order chi connectivity index (χ1) is 9.20. The SMILES string of the molecule is O=C(Cc1ccc(Br)cc1)N(CCBr)C1CCCC1. The molecule has 0 unspecified atom stereocenters. The number of alkyl halides is 1. The number of hydrogen-bond donors (Lipinski definition) is 0. The highest BCUT2D eigenvalue weighted by molar-refractivity contribution is 9.10. The van der Waals surface area contributed by atoms with Gasteiger partial charge in [0.2, 0.25) is 5.91 Å². The van der Waals surface area contributed by atoms with E-state index in [0.717, 1.165) is 21.9 Å². The molecule has 0 N–H and O–H groups in total. The smallest absolute Gasteiger partial charge is 0.227 e. The number of nitrogens with zero attached hydrogens (tertiary/aromatic N) is 1. The van der Waals surface area contributed by atoms with Crippen LogP contribution in [-0.2, 0) is 11.2 Å². The molecule has 0 bridgehead atoms. The Labute approximate surface area is 131 Å². The first kappa shape index (κ1) is 15.0. The zero-order chi connectivity index (χ0) is 13.7. The predicted octanol–water partition coefficient (Wildman–Crippen LogP) is 4.16. The van der Waals surface area contributed by atoms with Crippen molar-refractivity contribution in [1.82, 2.24) is 4.90 Å². The molecule has 1 aliphatic carbocycles. The van der Waals surface area contributed by atoms with Gasteiger partial charge in [0.25, 0.3) is 0 Å². The van der Waals surface area contributed by atoms with Crippen LogP contribution in [0.4, 0.5) is 0 Å². The van der Waals surface area contributed by atoms with Crippen molar-refractivity contribution >= 4 is 37.8 Å². The Bertz CT molecular complexity index is 413. The topological polar surface area (TPSA) is 20.3 Å². The summed E-state index contributed by atoms with van der Waals surface area (Å²) in [4.78, 5) is 14.5. The minimum atomic E-state index is 0.258. The van der Waals surface area contributed by atoms with E-state index in [0.29, 0.717) is 12.5 Å². The van der Waals surface area contributed by atoms with E-state index >= 15 is 0 Å². The number of halogens is 2. The molecular formula is C15H19Br2NO. The lowest BCUT2D eigenvalue weighted by Gasteiger charge is -2.28. The highest BCUT2D eigenvalue weighted by atomic mass is 79.9. The second kappa shape index (κ2) is 7.44. The Kier molecular flexibility index (Phi) is 5.89. The molecule has 0 saturated heterocycles. The third kappa shape index (κ3) is 4.32. The monoisotopic (exact) mass is 387 g/mol. The Morgan fingerprint density at radius 2 is 1.84 bits per heavy atom. The van der Waals surface area contributed by atoms with Crippen molar-refractivity contribution in [2.24, 2.45) is 0 Å². The fraction of sp³-hybridized carbons (Fsp3) is 0.533. The second-order valence-electron chi connectivity index (χ2n) is 5.02. The molecule has 1 aliphatic rings. The molecule has 2 rings (SSSR count). The molecule has 19 heavy (non-hydrogen) atoms. The molecule has 0 heterocycles. The van der Waals surface area contributed by atoms with Crippen LogP contribution in [-0.4, -0.2) is 28.7 Å². The van der Waals surface area contributed by atoms with E-state index in [1.54, 1.807) is 0 Å². The van der Waals surface area contributed by atoms with Crippen LogP contribution < -0.4 is 0 Å². The van der Waals surface area contributed by atoms with E-state index < -0.39 is 0 Å². The number of carbonyl (C=O) groups excluding carboxylic acids is 1. The zero-order valence-corrected chi connectivity index (χ0v) is 14.1. The van der Waals surface area contributed by atoms with Crippen LogP contribution in [0.25, 0.3) is 0 Å². The molecule has 0 aromatic heterocycles. The maximum Gasteiger partial charge on any atom is 0.227 e. The van der Waals surface area contributed by atoms with Gasteiger partial charge in [0.05, 0.1) is 6.42 Å². The predicted molar refractivity (Wildman–Crippen MR) is 85.6 cm³/mol. The molecular weight excluding hydrogens is 370 g/mol. The van der Waals surface area contributed by atoms with Crippen LogP contribution in [0.1, 0.15) is 31.2 Å². The van der Waals surface area contributed by atoms with Crippen LogP contribution >= 0.6 is 31.9 Å². The number of benzene rings is 1. The van der Waals surface area contributed by atoms with E-state index in [1.807, 2.05) is 24.3 Å². The standard InChI is InChI=1S/C15H19Br2NO/c16-9-10-18(14-3-1-2-4-14)15(19)11-12-5-7-13(17)8-6-12/h5-8,14H,1-4,9-11H2. The lowest BCUT2D eigenvalue weighted by molar-refractivity contribution is -0.132. The van der Waals surface area contributed by atoms with Gasteiger partial charge in [-0.1, -0.05) is 56.8 Å². The van der Waals surface area contributed by atoms with Gasteiger partial charge in [0, 0.05) is 22.4 Å². The van der Waals surface area contributed by atoms with E-state index in [2.05, 4.69) is 36.8 Å². The van der Waals surface area contributed by atoms with E-state index in [-0.39, 0.29) is 5.91 Å². The maximum atomic E-state index is 12.5. The second-order valence-corrected chi connectivity index (χ2v) is 6.73. The molecule has 1 fully saturated rings. The van der Waals surface area contributed by atoms with Crippen molar-refractivity contribution in [2.45, 2.75) is 38.1 Å². The maximum absolute atomic E-state index is 12.5. The Balaban J connectivity index is 2.00. The number of amides is 1. The van der Waals surface area contributed by atoms with Crippen LogP contribution in [0.3, 0.4) is 0 Å². The van der Waals surface area contributed by atoms with Crippen LogP contribution in [0.5, 0.6) is 0 Å². The fourth-order valence-electron chi connectivity index (χ4n) is 2.70. The normalized spacial score (nSPS) is 15.7. The summed E-state index contributed by atoms with van der Waals surface area (Å²) in [5, 5.41) is 0.857. The van der Waals surface area contributed by atoms with E-state index in [9.17, 15) is 4.79 Å². The average molecular weight is 389 g/mol. The summed E-state index contributed by atoms with van der Waals surface area (Å²) in [5.41, 5.74) is 1.09. The summed E-state index contributed by atoms with van der Waals surface area (Å²) in [5.74, 6) is 0.258. The minimum absolute atomic E-state index is 0.258. The van der Waals surface area contributed by atoms with Gasteiger partial charge in [-0.25, -0.2) is 0 Å². The third-order valence-corrected chi connectivity index (χ3v) is 4.56. The van der Waals surface area contributed by atoms with E-state index in [4.69, 9.17) is 0 Å². The van der Waals surface area contributed by atoms with Gasteiger partial charge < -0.3 is 4.90 Å². The van der Waals surface area contributed by atoms with Crippen molar-refractivity contribution in [2.75, 3.05) is 11.9 Å². The Hall–Kier alpha value is -0.350. The number of rotatable bonds is 5. The molecule has 1 aromatic carbocycles. The van der Waals surface area contributed by atoms with Crippen LogP contribution in [0, 0.1) is 0 Å². The minimum Gasteiger partial charge on any atom is -0.339 e. The lowest BCUT2D eigenvalue weighted by atomic mass is 10.1. The van der Waals surface area contributed by atoms with Gasteiger partial charge in [-0.3, -0.25) is 4.79 Å². The zero-order valence-electron chi connectivity index (χ0n) is 10.9. The summed E-state index contributed by atoms with van der Waals surface area (Å²) in [7, 11) is 0. The summed E-state index contributed by atoms with van der Waals surface area (Å²) < 4.78 is 1.05. The molecule has 0 aliphatic heterocycles. The Morgan fingerprint density at radius 1 is 1.21 bits per heavy atom. The summed E-state index contributed by atoms with van der Waals surface area (Å²) >= 11 is 6.88. The number of carbonyl (C=O) groups is 1. The third-order valence-electron chi connectivity index (χ3n) is 3.68. The average Bonchev–Trinajstić information content (AvgIpc) is 2.92. The largest absolute Gasteiger partial charge is 0.339 e. The number of hydrogen-bond acceptors (Lipinski definition) is 1. The first-order valence-electron chi connectivity index (χ1n) is 6.80.